The van der Waals surface area contributed by atoms with E-state index in [9.17, 15) is 0 Å². The Hall–Kier alpha value is -2.36. The number of ether oxygens (including phenoxy) is 1. The van der Waals surface area contributed by atoms with Crippen LogP contribution in [0.1, 0.15) is 17.0 Å². The second kappa shape index (κ2) is 6.70. The van der Waals surface area contributed by atoms with Crippen molar-refractivity contribution in [3.63, 3.8) is 0 Å². The molecule has 1 heterocycles. The molecule has 0 atom stereocenters. The molecule has 2 aromatic rings. The standard InChI is InChI=1S/C16H19N3O/c1-12-15(17-3)18-13(2)19-16(12)20-11-7-10-14-8-5-4-6-9-14/h4-10H,11H2,1-3H3,(H,17,18,19)/b10-7+. The maximum absolute atomic E-state index is 5.70. The van der Waals surface area contributed by atoms with E-state index >= 15 is 0 Å². The lowest BCUT2D eigenvalue weighted by Gasteiger charge is -2.10. The van der Waals surface area contributed by atoms with E-state index in [2.05, 4.69) is 27.4 Å². The maximum atomic E-state index is 5.70. The zero-order chi connectivity index (χ0) is 14.4. The summed E-state index contributed by atoms with van der Waals surface area (Å²) in [5.74, 6) is 2.13. The van der Waals surface area contributed by atoms with Crippen molar-refractivity contribution < 1.29 is 4.74 Å². The fourth-order valence-corrected chi connectivity index (χ4v) is 1.86. The van der Waals surface area contributed by atoms with Gasteiger partial charge < -0.3 is 10.1 Å². The zero-order valence-corrected chi connectivity index (χ0v) is 12.1. The van der Waals surface area contributed by atoms with E-state index in [0.29, 0.717) is 18.3 Å². The Balaban J connectivity index is 2.01. The molecule has 20 heavy (non-hydrogen) atoms. The molecule has 4 nitrogen and oxygen atoms in total. The highest BCUT2D eigenvalue weighted by Gasteiger charge is 2.08. The van der Waals surface area contributed by atoms with E-state index in [-0.39, 0.29) is 0 Å². The van der Waals surface area contributed by atoms with Gasteiger partial charge in [-0.1, -0.05) is 36.4 Å². The van der Waals surface area contributed by atoms with Crippen molar-refractivity contribution in [3.05, 3.63) is 53.4 Å². The summed E-state index contributed by atoms with van der Waals surface area (Å²) in [6.45, 7) is 4.28. The SMILES string of the molecule is CNc1nc(C)nc(OC/C=C/c2ccccc2)c1C. The average molecular weight is 269 g/mol. The lowest BCUT2D eigenvalue weighted by Crippen LogP contribution is -2.05. The molecule has 0 spiro atoms. The van der Waals surface area contributed by atoms with E-state index in [4.69, 9.17) is 4.74 Å². The second-order valence-corrected chi connectivity index (χ2v) is 4.42. The van der Waals surface area contributed by atoms with Gasteiger partial charge in [-0.3, -0.25) is 0 Å². The number of anilines is 1. The number of aromatic nitrogens is 2. The topological polar surface area (TPSA) is 47.0 Å². The number of rotatable bonds is 5. The van der Waals surface area contributed by atoms with E-state index < -0.39 is 0 Å². The average Bonchev–Trinajstić information content (AvgIpc) is 2.47. The fourth-order valence-electron chi connectivity index (χ4n) is 1.86. The summed E-state index contributed by atoms with van der Waals surface area (Å²) in [5, 5.41) is 3.04. The van der Waals surface area contributed by atoms with Crippen LogP contribution < -0.4 is 10.1 Å². The Morgan fingerprint density at radius 2 is 1.90 bits per heavy atom. The maximum Gasteiger partial charge on any atom is 0.222 e. The summed E-state index contributed by atoms with van der Waals surface area (Å²) < 4.78 is 5.70. The summed E-state index contributed by atoms with van der Waals surface area (Å²) in [7, 11) is 1.84. The minimum atomic E-state index is 0.481. The Kier molecular flexibility index (Phi) is 4.71. The number of benzene rings is 1. The molecule has 1 N–H and O–H groups in total. The van der Waals surface area contributed by atoms with Crippen LogP contribution in [0.5, 0.6) is 5.88 Å². The summed E-state index contributed by atoms with van der Waals surface area (Å²) in [6, 6.07) is 10.1. The van der Waals surface area contributed by atoms with Crippen molar-refractivity contribution in [1.29, 1.82) is 0 Å². The van der Waals surface area contributed by atoms with E-state index in [0.717, 1.165) is 16.9 Å². The first-order valence-electron chi connectivity index (χ1n) is 6.58. The summed E-state index contributed by atoms with van der Waals surface area (Å²) in [6.07, 6.45) is 4.01. The van der Waals surface area contributed by atoms with Crippen molar-refractivity contribution in [1.82, 2.24) is 9.97 Å². The van der Waals surface area contributed by atoms with Crippen LogP contribution >= 0.6 is 0 Å². The highest BCUT2D eigenvalue weighted by Crippen LogP contribution is 2.21. The van der Waals surface area contributed by atoms with Gasteiger partial charge in [-0.25, -0.2) is 4.98 Å². The van der Waals surface area contributed by atoms with Gasteiger partial charge in [0.25, 0.3) is 0 Å². The van der Waals surface area contributed by atoms with Gasteiger partial charge >= 0.3 is 0 Å². The number of hydrogen-bond donors (Lipinski definition) is 1. The first-order valence-corrected chi connectivity index (χ1v) is 6.58. The first kappa shape index (κ1) is 14.1. The van der Waals surface area contributed by atoms with Crippen molar-refractivity contribution >= 4 is 11.9 Å². The minimum absolute atomic E-state index is 0.481. The van der Waals surface area contributed by atoms with Crippen molar-refractivity contribution in [2.45, 2.75) is 13.8 Å². The van der Waals surface area contributed by atoms with Crippen molar-refractivity contribution in [2.24, 2.45) is 0 Å². The number of hydrogen-bond acceptors (Lipinski definition) is 4. The molecular weight excluding hydrogens is 250 g/mol. The molecule has 0 amide bonds. The molecule has 0 aliphatic rings. The van der Waals surface area contributed by atoms with Gasteiger partial charge in [0, 0.05) is 7.05 Å². The third kappa shape index (κ3) is 3.57. The van der Waals surface area contributed by atoms with E-state index in [1.54, 1.807) is 0 Å². The lowest BCUT2D eigenvalue weighted by atomic mass is 10.2. The number of nitrogens with zero attached hydrogens (tertiary/aromatic N) is 2. The molecule has 0 bridgehead atoms. The quantitative estimate of drug-likeness (QED) is 0.905. The van der Waals surface area contributed by atoms with E-state index in [1.165, 1.54) is 0 Å². The van der Waals surface area contributed by atoms with Crippen LogP contribution in [0.25, 0.3) is 6.08 Å². The Bertz CT molecular complexity index is 594. The van der Waals surface area contributed by atoms with Crippen LogP contribution in [0.15, 0.2) is 36.4 Å². The van der Waals surface area contributed by atoms with Crippen LogP contribution in [0.2, 0.25) is 0 Å². The molecule has 0 radical (unpaired) electrons. The van der Waals surface area contributed by atoms with Gasteiger partial charge in [0.15, 0.2) is 0 Å². The molecule has 0 unspecified atom stereocenters. The molecule has 1 aromatic heterocycles. The fraction of sp³-hybridized carbons (Fsp3) is 0.250. The Labute approximate surface area is 119 Å². The molecule has 2 rings (SSSR count). The molecule has 0 aliphatic carbocycles. The van der Waals surface area contributed by atoms with Crippen LogP contribution in [-0.4, -0.2) is 23.6 Å². The summed E-state index contributed by atoms with van der Waals surface area (Å²) in [5.41, 5.74) is 2.08. The number of nitrogens with one attached hydrogen (secondary N) is 1. The molecule has 1 aromatic carbocycles. The van der Waals surface area contributed by atoms with Crippen LogP contribution in [0.3, 0.4) is 0 Å². The smallest absolute Gasteiger partial charge is 0.222 e. The monoisotopic (exact) mass is 269 g/mol. The largest absolute Gasteiger partial charge is 0.473 e. The molecular formula is C16H19N3O. The van der Waals surface area contributed by atoms with Gasteiger partial charge in [-0.15, -0.1) is 0 Å². The summed E-state index contributed by atoms with van der Waals surface area (Å²) in [4.78, 5) is 8.63. The molecule has 4 heteroatoms. The van der Waals surface area contributed by atoms with Gasteiger partial charge in [0.05, 0.1) is 5.56 Å². The zero-order valence-electron chi connectivity index (χ0n) is 12.1. The Morgan fingerprint density at radius 3 is 2.60 bits per heavy atom. The Morgan fingerprint density at radius 1 is 1.15 bits per heavy atom. The third-order valence-electron chi connectivity index (χ3n) is 2.88. The minimum Gasteiger partial charge on any atom is -0.473 e. The van der Waals surface area contributed by atoms with Gasteiger partial charge in [0.2, 0.25) is 5.88 Å². The van der Waals surface area contributed by atoms with Gasteiger partial charge in [0.1, 0.15) is 18.2 Å². The predicted molar refractivity (Wildman–Crippen MR) is 82.0 cm³/mol. The molecule has 0 fully saturated rings. The van der Waals surface area contributed by atoms with Gasteiger partial charge in [-0.05, 0) is 25.5 Å². The molecule has 0 saturated carbocycles. The summed E-state index contributed by atoms with van der Waals surface area (Å²) >= 11 is 0. The first-order chi connectivity index (χ1) is 9.70. The van der Waals surface area contributed by atoms with Crippen LogP contribution in [0.4, 0.5) is 5.82 Å². The van der Waals surface area contributed by atoms with Crippen LogP contribution in [0, 0.1) is 13.8 Å². The van der Waals surface area contributed by atoms with Crippen LogP contribution in [-0.2, 0) is 0 Å². The highest BCUT2D eigenvalue weighted by molar-refractivity contribution is 5.49. The highest BCUT2D eigenvalue weighted by atomic mass is 16.5. The lowest BCUT2D eigenvalue weighted by molar-refractivity contribution is 0.345. The van der Waals surface area contributed by atoms with Crippen molar-refractivity contribution in [3.8, 4) is 5.88 Å². The predicted octanol–water partition coefficient (Wildman–Crippen LogP) is 3.23. The normalized spacial score (nSPS) is 10.8. The number of aryl methyl sites for hydroxylation is 1. The molecule has 0 saturated heterocycles. The van der Waals surface area contributed by atoms with E-state index in [1.807, 2.05) is 51.2 Å². The van der Waals surface area contributed by atoms with Gasteiger partial charge in [-0.2, -0.15) is 4.98 Å². The van der Waals surface area contributed by atoms with Crippen molar-refractivity contribution in [2.75, 3.05) is 19.0 Å². The third-order valence-corrected chi connectivity index (χ3v) is 2.88. The molecule has 104 valence electrons. The molecule has 0 aliphatic heterocycles. The second-order valence-electron chi connectivity index (χ2n) is 4.42.